The third kappa shape index (κ3) is 5.23. The summed E-state index contributed by atoms with van der Waals surface area (Å²) in [5.74, 6) is -0.633. The molecule has 0 unspecified atom stereocenters. The van der Waals surface area contributed by atoms with E-state index in [4.69, 9.17) is 0 Å². The molecule has 10 heavy (non-hydrogen) atoms. The second-order valence-electron chi connectivity index (χ2n) is 1.50. The van der Waals surface area contributed by atoms with E-state index in [0.717, 1.165) is 0 Å². The van der Waals surface area contributed by atoms with E-state index in [-0.39, 0.29) is 6.42 Å². The highest BCUT2D eigenvalue weighted by atomic mass is 32.2. The zero-order valence-electron chi connectivity index (χ0n) is 5.40. The molecule has 5 nitrogen and oxygen atoms in total. The third-order valence-corrected chi connectivity index (χ3v) is 0.850. The van der Waals surface area contributed by atoms with Crippen LogP contribution in [0.1, 0.15) is 19.8 Å². The van der Waals surface area contributed by atoms with Crippen molar-refractivity contribution in [2.45, 2.75) is 19.8 Å². The minimum Gasteiger partial charge on any atom is -0.303 e. The summed E-state index contributed by atoms with van der Waals surface area (Å²) in [5, 5.41) is 0. The number of carbonyl (C=O) groups excluding carboxylic acids is 1. The number of hydrogen-bond acceptors (Lipinski definition) is 5. The maximum Gasteiger partial charge on any atom is 0.349 e. The minimum absolute atomic E-state index is 0.181. The van der Waals surface area contributed by atoms with Gasteiger partial charge in [0.2, 0.25) is 0 Å². The Hall–Kier alpha value is -0.910. The van der Waals surface area contributed by atoms with Crippen LogP contribution in [0.3, 0.4) is 0 Å². The van der Waals surface area contributed by atoms with Crippen molar-refractivity contribution in [3.05, 3.63) is 0 Å². The predicted molar refractivity (Wildman–Crippen MR) is 32.3 cm³/mol. The topological polar surface area (TPSA) is 72.8 Å². The van der Waals surface area contributed by atoms with Crippen LogP contribution in [0.25, 0.3) is 0 Å². The monoisotopic (exact) mass is 165 g/mol. The van der Waals surface area contributed by atoms with Crippen LogP contribution >= 0.6 is 0 Å². The van der Waals surface area contributed by atoms with Gasteiger partial charge in [-0.25, -0.2) is 4.79 Å². The van der Waals surface area contributed by atoms with Crippen molar-refractivity contribution in [2.24, 2.45) is 4.53 Å². The lowest BCUT2D eigenvalue weighted by Gasteiger charge is -1.88. The van der Waals surface area contributed by atoms with Crippen molar-refractivity contribution in [1.29, 1.82) is 0 Å². The van der Waals surface area contributed by atoms with Crippen LogP contribution in [0.4, 0.5) is 0 Å². The second kappa shape index (κ2) is 4.92. The second-order valence-corrected chi connectivity index (χ2v) is 2.09. The Labute approximate surface area is 59.7 Å². The van der Waals surface area contributed by atoms with Crippen molar-refractivity contribution in [2.75, 3.05) is 0 Å². The van der Waals surface area contributed by atoms with Crippen LogP contribution in [0, 0.1) is 0 Å². The molecule has 0 atom stereocenters. The van der Waals surface area contributed by atoms with Crippen molar-refractivity contribution >= 4 is 16.5 Å². The highest BCUT2D eigenvalue weighted by Crippen LogP contribution is 1.90. The van der Waals surface area contributed by atoms with E-state index >= 15 is 0 Å². The van der Waals surface area contributed by atoms with Crippen molar-refractivity contribution in [1.82, 2.24) is 0 Å². The average molecular weight is 165 g/mol. The molecule has 0 fully saturated rings. The molecular weight excluding hydrogens is 158 g/mol. The van der Waals surface area contributed by atoms with Gasteiger partial charge in [0.25, 0.3) is 0 Å². The molecule has 0 spiro atoms. The molecule has 0 aliphatic carbocycles. The van der Waals surface area contributed by atoms with E-state index in [0.29, 0.717) is 6.42 Å². The summed E-state index contributed by atoms with van der Waals surface area (Å²) in [4.78, 5) is 14.3. The number of carbonyl (C=O) groups is 1. The number of hydrogen-bond donors (Lipinski definition) is 0. The Bertz CT molecular complexity index is 222. The van der Waals surface area contributed by atoms with Gasteiger partial charge in [0.15, 0.2) is 0 Å². The fourth-order valence-electron chi connectivity index (χ4n) is 0.322. The van der Waals surface area contributed by atoms with Gasteiger partial charge in [0, 0.05) is 6.42 Å². The zero-order chi connectivity index (χ0) is 7.98. The van der Waals surface area contributed by atoms with Crippen LogP contribution < -0.4 is 0 Å². The van der Waals surface area contributed by atoms with Gasteiger partial charge in [0.1, 0.15) is 0 Å². The summed E-state index contributed by atoms with van der Waals surface area (Å²) in [6, 6.07) is 0. The summed E-state index contributed by atoms with van der Waals surface area (Å²) in [6.07, 6.45) is 0.792. The minimum atomic E-state index is -2.66. The first kappa shape index (κ1) is 9.09. The van der Waals surface area contributed by atoms with E-state index in [9.17, 15) is 13.2 Å². The van der Waals surface area contributed by atoms with E-state index < -0.39 is 16.5 Å². The Morgan fingerprint density at radius 3 is 2.60 bits per heavy atom. The van der Waals surface area contributed by atoms with E-state index in [1.165, 1.54) is 0 Å². The van der Waals surface area contributed by atoms with Crippen LogP contribution in [0.2, 0.25) is 0 Å². The molecule has 0 saturated carbocycles. The molecule has 6 heteroatoms. The van der Waals surface area contributed by atoms with Crippen LogP contribution in [-0.2, 0) is 20.1 Å². The summed E-state index contributed by atoms with van der Waals surface area (Å²) in [5.41, 5.74) is 0. The molecule has 0 amide bonds. The first-order chi connectivity index (χ1) is 4.66. The van der Waals surface area contributed by atoms with Gasteiger partial charge in [-0.05, 0) is 6.42 Å². The molecular formula is C4H7NO4S. The summed E-state index contributed by atoms with van der Waals surface area (Å²) >= 11 is 0. The lowest BCUT2D eigenvalue weighted by Crippen LogP contribution is -1.97. The molecule has 0 rings (SSSR count). The van der Waals surface area contributed by atoms with Gasteiger partial charge in [0.05, 0.1) is 4.53 Å². The SMILES string of the molecule is CCCC(=O)ON=S(=O)=O. The number of rotatable bonds is 3. The van der Waals surface area contributed by atoms with Gasteiger partial charge in [-0.3, -0.25) is 0 Å². The van der Waals surface area contributed by atoms with Gasteiger partial charge < -0.3 is 4.84 Å². The fraction of sp³-hybridized carbons (Fsp3) is 0.750. The first-order valence-corrected chi connectivity index (χ1v) is 3.70. The maximum absolute atomic E-state index is 10.4. The Balaban J connectivity index is 3.71. The maximum atomic E-state index is 10.4. The zero-order valence-corrected chi connectivity index (χ0v) is 6.22. The summed E-state index contributed by atoms with van der Waals surface area (Å²) in [7, 11) is -2.66. The van der Waals surface area contributed by atoms with Crippen LogP contribution in [0.5, 0.6) is 0 Å². The number of nitrogens with zero attached hydrogens (tertiary/aromatic N) is 1. The molecule has 0 aliphatic heterocycles. The smallest absolute Gasteiger partial charge is 0.303 e. The molecule has 0 radical (unpaired) electrons. The summed E-state index contributed by atoms with van der Waals surface area (Å²) in [6.45, 7) is 1.77. The molecule has 0 aromatic heterocycles. The lowest BCUT2D eigenvalue weighted by molar-refractivity contribution is -0.143. The Kier molecular flexibility index (Phi) is 4.47. The van der Waals surface area contributed by atoms with Crippen LogP contribution in [-0.4, -0.2) is 14.4 Å². The van der Waals surface area contributed by atoms with Gasteiger partial charge in [-0.1, -0.05) is 6.92 Å². The van der Waals surface area contributed by atoms with Crippen molar-refractivity contribution in [3.8, 4) is 0 Å². The average Bonchev–Trinajstić information content (AvgIpc) is 1.85. The molecule has 0 saturated heterocycles. The van der Waals surface area contributed by atoms with Crippen molar-refractivity contribution in [3.63, 3.8) is 0 Å². The Morgan fingerprint density at radius 2 is 2.20 bits per heavy atom. The van der Waals surface area contributed by atoms with Crippen molar-refractivity contribution < 1.29 is 18.0 Å². The van der Waals surface area contributed by atoms with Crippen LogP contribution in [0.15, 0.2) is 4.53 Å². The Morgan fingerprint density at radius 1 is 1.60 bits per heavy atom. The summed E-state index contributed by atoms with van der Waals surface area (Å²) < 4.78 is 21.8. The first-order valence-electron chi connectivity index (χ1n) is 2.67. The normalized spacial score (nSPS) is 8.50. The fourth-order valence-corrected chi connectivity index (χ4v) is 0.466. The van der Waals surface area contributed by atoms with Gasteiger partial charge in [-0.15, -0.1) is 0 Å². The largest absolute Gasteiger partial charge is 0.349 e. The van der Waals surface area contributed by atoms with E-state index in [1.807, 2.05) is 0 Å². The quantitative estimate of drug-likeness (QED) is 0.564. The molecule has 0 aromatic rings. The highest BCUT2D eigenvalue weighted by Gasteiger charge is 1.98. The highest BCUT2D eigenvalue weighted by molar-refractivity contribution is 7.61. The molecule has 58 valence electrons. The van der Waals surface area contributed by atoms with E-state index in [2.05, 4.69) is 9.36 Å². The lowest BCUT2D eigenvalue weighted by atomic mass is 10.3. The molecule has 0 bridgehead atoms. The van der Waals surface area contributed by atoms with E-state index in [1.54, 1.807) is 6.92 Å². The standard InChI is InChI=1S/C4H7NO4S/c1-2-3-4(6)9-5-10(7)8/h2-3H2,1H3. The predicted octanol–water partition coefficient (Wildman–Crippen LogP) is 0.307. The third-order valence-electron chi connectivity index (χ3n) is 0.654. The van der Waals surface area contributed by atoms with Gasteiger partial charge in [-0.2, -0.15) is 8.42 Å². The van der Waals surface area contributed by atoms with Gasteiger partial charge >= 0.3 is 16.5 Å². The molecule has 0 N–H and O–H groups in total. The molecule has 0 heterocycles. The molecule has 0 aliphatic rings. The molecule has 0 aromatic carbocycles.